The summed E-state index contributed by atoms with van der Waals surface area (Å²) in [7, 11) is 1.56. The molecule has 1 atom stereocenters. The molecule has 0 aliphatic carbocycles. The van der Waals surface area contributed by atoms with Crippen molar-refractivity contribution in [2.75, 3.05) is 17.7 Å². The molecule has 0 aliphatic heterocycles. The lowest BCUT2D eigenvalue weighted by Gasteiger charge is -2.18. The third kappa shape index (κ3) is 6.27. The summed E-state index contributed by atoms with van der Waals surface area (Å²) in [4.78, 5) is 26.9. The van der Waals surface area contributed by atoms with E-state index < -0.39 is 5.25 Å². The van der Waals surface area contributed by atoms with E-state index >= 15 is 0 Å². The molecule has 0 fully saturated rings. The van der Waals surface area contributed by atoms with Gasteiger partial charge in [0.1, 0.15) is 11.0 Å². The van der Waals surface area contributed by atoms with Gasteiger partial charge in [0.2, 0.25) is 5.91 Å². The molecule has 7 heteroatoms. The van der Waals surface area contributed by atoms with Gasteiger partial charge in [-0.15, -0.1) is 11.8 Å². The van der Waals surface area contributed by atoms with Crippen molar-refractivity contribution >= 4 is 46.6 Å². The van der Waals surface area contributed by atoms with Gasteiger partial charge in [0.25, 0.3) is 5.91 Å². The van der Waals surface area contributed by atoms with Crippen LogP contribution in [0, 0.1) is 6.92 Å². The van der Waals surface area contributed by atoms with E-state index in [4.69, 9.17) is 16.3 Å². The molecule has 0 heterocycles. The van der Waals surface area contributed by atoms with Crippen LogP contribution in [-0.2, 0) is 4.79 Å². The van der Waals surface area contributed by atoms with E-state index in [1.165, 1.54) is 11.8 Å². The van der Waals surface area contributed by atoms with Crippen molar-refractivity contribution in [1.29, 1.82) is 0 Å². The summed E-state index contributed by atoms with van der Waals surface area (Å²) in [5.41, 5.74) is 3.55. The lowest BCUT2D eigenvalue weighted by molar-refractivity contribution is -0.115. The molecule has 0 radical (unpaired) electrons. The standard InChI is InChI=1S/C29H25ClN2O3S/c1-19-25(30)12-7-13-26(19)32-29(34)27(20-8-4-3-5-9-20)36-24-16-14-22(15-17-24)31-28(33)21-10-6-11-23(18-21)35-2/h3-18,27H,1-2H3,(H,31,33)(H,32,34). The number of anilines is 2. The van der Waals surface area contributed by atoms with Crippen LogP contribution in [0.25, 0.3) is 0 Å². The fraction of sp³-hybridized carbons (Fsp3) is 0.103. The molecule has 36 heavy (non-hydrogen) atoms. The van der Waals surface area contributed by atoms with Crippen molar-refractivity contribution in [3.05, 3.63) is 119 Å². The minimum Gasteiger partial charge on any atom is -0.497 e. The number of carbonyl (C=O) groups is 2. The van der Waals surface area contributed by atoms with Gasteiger partial charge in [-0.1, -0.05) is 54.1 Å². The lowest BCUT2D eigenvalue weighted by Crippen LogP contribution is -2.19. The Labute approximate surface area is 219 Å². The quantitative estimate of drug-likeness (QED) is 0.240. The first-order chi connectivity index (χ1) is 17.4. The summed E-state index contributed by atoms with van der Waals surface area (Å²) in [6.07, 6.45) is 0. The van der Waals surface area contributed by atoms with Crippen LogP contribution in [0.1, 0.15) is 26.7 Å². The maximum Gasteiger partial charge on any atom is 0.255 e. The first-order valence-electron chi connectivity index (χ1n) is 11.3. The van der Waals surface area contributed by atoms with E-state index in [1.54, 1.807) is 37.4 Å². The molecule has 4 rings (SSSR count). The predicted molar refractivity (Wildman–Crippen MR) is 147 cm³/mol. The van der Waals surface area contributed by atoms with E-state index in [1.807, 2.05) is 73.7 Å². The third-order valence-electron chi connectivity index (χ3n) is 5.56. The molecular formula is C29H25ClN2O3S. The number of halogens is 1. The smallest absolute Gasteiger partial charge is 0.255 e. The average Bonchev–Trinajstić information content (AvgIpc) is 2.91. The van der Waals surface area contributed by atoms with Crippen LogP contribution in [0.3, 0.4) is 0 Å². The predicted octanol–water partition coefficient (Wildman–Crippen LogP) is 7.38. The molecule has 0 saturated heterocycles. The van der Waals surface area contributed by atoms with Gasteiger partial charge in [0.15, 0.2) is 0 Å². The maximum absolute atomic E-state index is 13.4. The highest BCUT2D eigenvalue weighted by molar-refractivity contribution is 8.00. The van der Waals surface area contributed by atoms with Crippen LogP contribution in [0.2, 0.25) is 5.02 Å². The molecule has 5 nitrogen and oxygen atoms in total. The zero-order valence-electron chi connectivity index (χ0n) is 19.8. The number of thioether (sulfide) groups is 1. The lowest BCUT2D eigenvalue weighted by atomic mass is 10.1. The van der Waals surface area contributed by atoms with E-state index in [-0.39, 0.29) is 11.8 Å². The van der Waals surface area contributed by atoms with Crippen molar-refractivity contribution in [2.24, 2.45) is 0 Å². The summed E-state index contributed by atoms with van der Waals surface area (Å²) in [5, 5.41) is 6.03. The molecule has 4 aromatic carbocycles. The Kier molecular flexibility index (Phi) is 8.31. The minimum absolute atomic E-state index is 0.146. The fourth-order valence-electron chi connectivity index (χ4n) is 3.56. The number of amides is 2. The SMILES string of the molecule is COc1cccc(C(=O)Nc2ccc(SC(C(=O)Nc3cccc(Cl)c3C)c3ccccc3)cc2)c1. The van der Waals surface area contributed by atoms with E-state index in [0.29, 0.717) is 27.7 Å². The van der Waals surface area contributed by atoms with Gasteiger partial charge in [0, 0.05) is 26.9 Å². The number of hydrogen-bond acceptors (Lipinski definition) is 4. The second kappa shape index (κ2) is 11.8. The number of carbonyl (C=O) groups excluding carboxylic acids is 2. The number of hydrogen-bond donors (Lipinski definition) is 2. The van der Waals surface area contributed by atoms with Gasteiger partial charge >= 0.3 is 0 Å². The molecular weight excluding hydrogens is 492 g/mol. The second-order valence-corrected chi connectivity index (χ2v) is 9.61. The Morgan fingerprint density at radius 2 is 1.58 bits per heavy atom. The molecule has 2 N–H and O–H groups in total. The molecule has 182 valence electrons. The van der Waals surface area contributed by atoms with Crippen molar-refractivity contribution in [1.82, 2.24) is 0 Å². The summed E-state index contributed by atoms with van der Waals surface area (Å²) in [6.45, 7) is 1.88. The Balaban J connectivity index is 1.50. The number of ether oxygens (including phenoxy) is 1. The number of rotatable bonds is 8. The highest BCUT2D eigenvalue weighted by Crippen LogP contribution is 2.37. The van der Waals surface area contributed by atoms with Gasteiger partial charge in [-0.25, -0.2) is 0 Å². The molecule has 4 aromatic rings. The van der Waals surface area contributed by atoms with Crippen molar-refractivity contribution in [3.8, 4) is 5.75 Å². The van der Waals surface area contributed by atoms with Gasteiger partial charge in [-0.05, 0) is 72.6 Å². The van der Waals surface area contributed by atoms with E-state index in [0.717, 1.165) is 16.0 Å². The highest BCUT2D eigenvalue weighted by atomic mass is 35.5. The fourth-order valence-corrected chi connectivity index (χ4v) is 4.76. The number of nitrogens with one attached hydrogen (secondary N) is 2. The molecule has 1 unspecified atom stereocenters. The van der Waals surface area contributed by atoms with E-state index in [2.05, 4.69) is 10.6 Å². The normalized spacial score (nSPS) is 11.4. The minimum atomic E-state index is -0.484. The molecule has 0 spiro atoms. The van der Waals surface area contributed by atoms with Crippen molar-refractivity contribution < 1.29 is 14.3 Å². The molecule has 0 bridgehead atoms. The zero-order valence-corrected chi connectivity index (χ0v) is 21.4. The van der Waals surface area contributed by atoms with Crippen LogP contribution in [0.4, 0.5) is 11.4 Å². The first kappa shape index (κ1) is 25.4. The topological polar surface area (TPSA) is 67.4 Å². The van der Waals surface area contributed by atoms with Crippen molar-refractivity contribution in [2.45, 2.75) is 17.1 Å². The largest absolute Gasteiger partial charge is 0.497 e. The van der Waals surface area contributed by atoms with Crippen LogP contribution < -0.4 is 15.4 Å². The van der Waals surface area contributed by atoms with Gasteiger partial charge in [0.05, 0.1) is 7.11 Å². The van der Waals surface area contributed by atoms with Crippen LogP contribution >= 0.6 is 23.4 Å². The highest BCUT2D eigenvalue weighted by Gasteiger charge is 2.23. The molecule has 0 saturated carbocycles. The molecule has 0 aromatic heterocycles. The third-order valence-corrected chi connectivity index (χ3v) is 7.24. The molecule has 2 amide bonds. The Morgan fingerprint density at radius 1 is 0.861 bits per heavy atom. The second-order valence-electron chi connectivity index (χ2n) is 8.02. The Hall–Kier alpha value is -3.74. The first-order valence-corrected chi connectivity index (χ1v) is 12.5. The van der Waals surface area contributed by atoms with Gasteiger partial charge in [-0.2, -0.15) is 0 Å². The summed E-state index contributed by atoms with van der Waals surface area (Å²) in [6, 6.07) is 29.5. The summed E-state index contributed by atoms with van der Waals surface area (Å²) >= 11 is 7.67. The van der Waals surface area contributed by atoms with E-state index in [9.17, 15) is 9.59 Å². The monoisotopic (exact) mass is 516 g/mol. The maximum atomic E-state index is 13.4. The Morgan fingerprint density at radius 3 is 2.31 bits per heavy atom. The van der Waals surface area contributed by atoms with Gasteiger partial charge < -0.3 is 15.4 Å². The van der Waals surface area contributed by atoms with Gasteiger partial charge in [-0.3, -0.25) is 9.59 Å². The Bertz CT molecular complexity index is 1360. The zero-order chi connectivity index (χ0) is 25.5. The van der Waals surface area contributed by atoms with Crippen LogP contribution in [-0.4, -0.2) is 18.9 Å². The van der Waals surface area contributed by atoms with Crippen LogP contribution in [0.15, 0.2) is 102 Å². The summed E-state index contributed by atoms with van der Waals surface area (Å²) in [5.74, 6) is 0.243. The van der Waals surface area contributed by atoms with Crippen LogP contribution in [0.5, 0.6) is 5.75 Å². The number of methoxy groups -OCH3 is 1. The molecule has 0 aliphatic rings. The summed E-state index contributed by atoms with van der Waals surface area (Å²) < 4.78 is 5.19. The van der Waals surface area contributed by atoms with Crippen molar-refractivity contribution in [3.63, 3.8) is 0 Å². The number of benzene rings is 4. The average molecular weight is 517 g/mol.